The Labute approximate surface area is 77.6 Å². The third kappa shape index (κ3) is 3.38. The molecule has 0 saturated heterocycles. The van der Waals surface area contributed by atoms with Crippen LogP contribution in [-0.2, 0) is 6.42 Å². The summed E-state index contributed by atoms with van der Waals surface area (Å²) in [6.45, 7) is 2.72. The minimum absolute atomic E-state index is 0.0683. The quantitative estimate of drug-likeness (QED) is 0.723. The summed E-state index contributed by atoms with van der Waals surface area (Å²) in [7, 11) is 3.99. The van der Waals surface area contributed by atoms with Crippen LogP contribution in [0.5, 0.6) is 0 Å². The maximum Gasteiger partial charge on any atom is 0.251 e. The van der Waals surface area contributed by atoms with Gasteiger partial charge >= 0.3 is 0 Å². The van der Waals surface area contributed by atoms with Gasteiger partial charge in [-0.1, -0.05) is 0 Å². The van der Waals surface area contributed by atoms with Crippen LogP contribution < -0.4 is 5.56 Å². The van der Waals surface area contributed by atoms with Crippen molar-refractivity contribution in [1.82, 2.24) is 14.9 Å². The largest absolute Gasteiger partial charge is 0.311 e. The Kier molecular flexibility index (Phi) is 3.19. The van der Waals surface area contributed by atoms with Gasteiger partial charge in [-0.3, -0.25) is 4.79 Å². The molecule has 0 aliphatic heterocycles. The molecule has 0 aliphatic carbocycles. The van der Waals surface area contributed by atoms with Gasteiger partial charge in [-0.15, -0.1) is 0 Å². The third-order valence-corrected chi connectivity index (χ3v) is 1.71. The van der Waals surface area contributed by atoms with E-state index in [0.717, 1.165) is 24.5 Å². The van der Waals surface area contributed by atoms with Gasteiger partial charge in [-0.05, 0) is 21.0 Å². The molecule has 0 bridgehead atoms. The lowest BCUT2D eigenvalue weighted by Crippen LogP contribution is -2.19. The number of likely N-dealkylation sites (N-methyl/N-ethyl adjacent to an activating group) is 1. The van der Waals surface area contributed by atoms with Crippen molar-refractivity contribution in [1.29, 1.82) is 0 Å². The van der Waals surface area contributed by atoms with E-state index in [4.69, 9.17) is 0 Å². The molecule has 1 rings (SSSR count). The second-order valence-electron chi connectivity index (χ2n) is 3.39. The summed E-state index contributed by atoms with van der Waals surface area (Å²) in [6.07, 6.45) is 0.782. The minimum atomic E-state index is -0.0683. The van der Waals surface area contributed by atoms with E-state index >= 15 is 0 Å². The van der Waals surface area contributed by atoms with E-state index in [1.165, 1.54) is 6.07 Å². The molecule has 4 heteroatoms. The van der Waals surface area contributed by atoms with Gasteiger partial charge in [0.2, 0.25) is 0 Å². The molecule has 13 heavy (non-hydrogen) atoms. The normalized spacial score (nSPS) is 10.8. The molecule has 0 aromatic carbocycles. The Balaban J connectivity index is 2.72. The maximum absolute atomic E-state index is 11.0. The second kappa shape index (κ2) is 4.18. The molecule has 0 saturated carbocycles. The van der Waals surface area contributed by atoms with Gasteiger partial charge in [0.15, 0.2) is 0 Å². The van der Waals surface area contributed by atoms with Gasteiger partial charge in [0, 0.05) is 24.7 Å². The zero-order valence-corrected chi connectivity index (χ0v) is 8.29. The summed E-state index contributed by atoms with van der Waals surface area (Å²) in [4.78, 5) is 20.0. The molecule has 1 N–H and O–H groups in total. The van der Waals surface area contributed by atoms with Crippen molar-refractivity contribution in [2.45, 2.75) is 13.3 Å². The van der Waals surface area contributed by atoms with Crippen molar-refractivity contribution in [2.75, 3.05) is 20.6 Å². The summed E-state index contributed by atoms with van der Waals surface area (Å²) in [5, 5.41) is 0. The zero-order valence-electron chi connectivity index (χ0n) is 8.29. The van der Waals surface area contributed by atoms with E-state index in [1.54, 1.807) is 0 Å². The Morgan fingerprint density at radius 1 is 1.54 bits per heavy atom. The number of hydrogen-bond acceptors (Lipinski definition) is 3. The van der Waals surface area contributed by atoms with Gasteiger partial charge in [-0.25, -0.2) is 4.98 Å². The van der Waals surface area contributed by atoms with E-state index in [2.05, 4.69) is 14.9 Å². The number of nitrogens with one attached hydrogen (secondary N) is 1. The fourth-order valence-corrected chi connectivity index (χ4v) is 1.09. The number of hydrogen-bond donors (Lipinski definition) is 1. The van der Waals surface area contributed by atoms with Gasteiger partial charge in [0.25, 0.3) is 5.56 Å². The lowest BCUT2D eigenvalue weighted by molar-refractivity contribution is 0.409. The second-order valence-corrected chi connectivity index (χ2v) is 3.39. The molecule has 0 atom stereocenters. The molecular weight excluding hydrogens is 166 g/mol. The molecule has 0 spiro atoms. The molecule has 4 nitrogen and oxygen atoms in total. The molecule has 1 aromatic heterocycles. The van der Waals surface area contributed by atoms with Crippen LogP contribution in [0.15, 0.2) is 10.9 Å². The number of aromatic amines is 1. The molecule has 0 amide bonds. The van der Waals surface area contributed by atoms with Gasteiger partial charge < -0.3 is 9.88 Å². The van der Waals surface area contributed by atoms with Crippen LogP contribution >= 0.6 is 0 Å². The fraction of sp³-hybridized carbons (Fsp3) is 0.556. The topological polar surface area (TPSA) is 49.0 Å². The highest BCUT2D eigenvalue weighted by Gasteiger charge is 1.98. The first-order chi connectivity index (χ1) is 6.08. The summed E-state index contributed by atoms with van der Waals surface area (Å²) in [5.74, 6) is 0.763. The van der Waals surface area contributed by atoms with Crippen molar-refractivity contribution in [3.63, 3.8) is 0 Å². The number of aromatic nitrogens is 2. The molecular formula is C9H15N3O. The summed E-state index contributed by atoms with van der Waals surface area (Å²) >= 11 is 0. The van der Waals surface area contributed by atoms with E-state index in [-0.39, 0.29) is 5.56 Å². The van der Waals surface area contributed by atoms with Gasteiger partial charge in [0.1, 0.15) is 5.82 Å². The van der Waals surface area contributed by atoms with E-state index in [0.29, 0.717) is 0 Å². The van der Waals surface area contributed by atoms with Crippen molar-refractivity contribution >= 4 is 0 Å². The molecule has 1 heterocycles. The molecule has 0 unspecified atom stereocenters. The van der Waals surface area contributed by atoms with E-state index < -0.39 is 0 Å². The number of H-pyrrole nitrogens is 1. The van der Waals surface area contributed by atoms with Crippen molar-refractivity contribution < 1.29 is 0 Å². The lowest BCUT2D eigenvalue weighted by atomic mass is 10.3. The van der Waals surface area contributed by atoms with Gasteiger partial charge in [-0.2, -0.15) is 0 Å². The van der Waals surface area contributed by atoms with Crippen LogP contribution in [-0.4, -0.2) is 35.5 Å². The summed E-state index contributed by atoms with van der Waals surface area (Å²) in [6, 6.07) is 1.50. The van der Waals surface area contributed by atoms with Crippen LogP contribution in [0.3, 0.4) is 0 Å². The number of rotatable bonds is 3. The minimum Gasteiger partial charge on any atom is -0.311 e. The standard InChI is InChI=1S/C9H15N3O/c1-7-6-9(13)11-8(10-7)4-5-12(2)3/h6H,4-5H2,1-3H3,(H,10,11,13). The van der Waals surface area contributed by atoms with Crippen LogP contribution in [0, 0.1) is 6.92 Å². The van der Waals surface area contributed by atoms with E-state index in [1.807, 2.05) is 21.0 Å². The smallest absolute Gasteiger partial charge is 0.251 e. The predicted molar refractivity (Wildman–Crippen MR) is 51.9 cm³/mol. The van der Waals surface area contributed by atoms with Crippen LogP contribution in [0.25, 0.3) is 0 Å². The zero-order chi connectivity index (χ0) is 9.84. The first-order valence-electron chi connectivity index (χ1n) is 4.29. The highest BCUT2D eigenvalue weighted by atomic mass is 16.1. The SMILES string of the molecule is Cc1cc(=O)[nH]c(CCN(C)C)n1. The number of nitrogens with zero attached hydrogens (tertiary/aromatic N) is 2. The highest BCUT2D eigenvalue weighted by Crippen LogP contribution is 1.91. The van der Waals surface area contributed by atoms with Crippen LogP contribution in [0.1, 0.15) is 11.5 Å². The summed E-state index contributed by atoms with van der Waals surface area (Å²) in [5.41, 5.74) is 0.707. The van der Waals surface area contributed by atoms with Crippen molar-refractivity contribution in [3.05, 3.63) is 27.9 Å². The van der Waals surface area contributed by atoms with Crippen molar-refractivity contribution in [3.8, 4) is 0 Å². The van der Waals surface area contributed by atoms with E-state index in [9.17, 15) is 4.79 Å². The highest BCUT2D eigenvalue weighted by molar-refractivity contribution is 5.00. The summed E-state index contributed by atoms with van der Waals surface area (Å²) < 4.78 is 0. The van der Waals surface area contributed by atoms with Crippen LogP contribution in [0.2, 0.25) is 0 Å². The Hall–Kier alpha value is -1.16. The average Bonchev–Trinajstić information content (AvgIpc) is 1.99. The first kappa shape index (κ1) is 9.92. The molecule has 0 fully saturated rings. The Morgan fingerprint density at radius 3 is 2.77 bits per heavy atom. The predicted octanol–water partition coefficient (Wildman–Crippen LogP) is 0.182. The van der Waals surface area contributed by atoms with Crippen LogP contribution in [0.4, 0.5) is 0 Å². The van der Waals surface area contributed by atoms with Crippen molar-refractivity contribution in [2.24, 2.45) is 0 Å². The Bertz CT molecular complexity index is 330. The lowest BCUT2D eigenvalue weighted by Gasteiger charge is -2.08. The number of aryl methyl sites for hydroxylation is 1. The molecule has 0 radical (unpaired) electrons. The molecule has 72 valence electrons. The fourth-order valence-electron chi connectivity index (χ4n) is 1.09. The Morgan fingerprint density at radius 2 is 2.23 bits per heavy atom. The average molecular weight is 181 g/mol. The van der Waals surface area contributed by atoms with Gasteiger partial charge in [0.05, 0.1) is 0 Å². The maximum atomic E-state index is 11.0. The molecule has 0 aliphatic rings. The first-order valence-corrected chi connectivity index (χ1v) is 4.29. The molecule has 1 aromatic rings. The monoisotopic (exact) mass is 181 g/mol. The third-order valence-electron chi connectivity index (χ3n) is 1.71.